The highest BCUT2D eigenvalue weighted by Crippen LogP contribution is 2.26. The molecule has 1 saturated heterocycles. The van der Waals surface area contributed by atoms with Gasteiger partial charge in [-0.2, -0.15) is 0 Å². The van der Waals surface area contributed by atoms with E-state index in [0.717, 1.165) is 31.4 Å². The molecule has 1 aliphatic rings. The smallest absolute Gasteiger partial charge is 0.158 e. The van der Waals surface area contributed by atoms with Crippen molar-refractivity contribution >= 4 is 16.7 Å². The van der Waals surface area contributed by atoms with Crippen LogP contribution >= 0.6 is 0 Å². The van der Waals surface area contributed by atoms with Gasteiger partial charge in [0.05, 0.1) is 11.6 Å². The van der Waals surface area contributed by atoms with Gasteiger partial charge in [-0.05, 0) is 51.1 Å². The Morgan fingerprint density at radius 3 is 2.85 bits per heavy atom. The van der Waals surface area contributed by atoms with Gasteiger partial charge in [0.2, 0.25) is 0 Å². The number of nitrogens with one attached hydrogen (secondary N) is 1. The molecule has 0 radical (unpaired) electrons. The van der Waals surface area contributed by atoms with Gasteiger partial charge in [-0.25, -0.2) is 4.39 Å². The van der Waals surface area contributed by atoms with E-state index in [9.17, 15) is 9.18 Å². The van der Waals surface area contributed by atoms with Gasteiger partial charge in [-0.15, -0.1) is 0 Å². The lowest BCUT2D eigenvalue weighted by atomic mass is 9.90. The molecule has 2 heterocycles. The maximum Gasteiger partial charge on any atom is 0.158 e. The second-order valence-corrected chi connectivity index (χ2v) is 5.50. The van der Waals surface area contributed by atoms with Gasteiger partial charge in [-0.3, -0.25) is 4.79 Å². The van der Waals surface area contributed by atoms with Gasteiger partial charge in [0.1, 0.15) is 5.82 Å². The zero-order chi connectivity index (χ0) is 14.1. The number of hydrogen-bond donors (Lipinski definition) is 1. The highest BCUT2D eigenvalue weighted by atomic mass is 19.1. The molecule has 20 heavy (non-hydrogen) atoms. The zero-order valence-corrected chi connectivity index (χ0v) is 11.6. The van der Waals surface area contributed by atoms with Crippen molar-refractivity contribution in [1.82, 2.24) is 9.88 Å². The first kappa shape index (κ1) is 13.3. The first-order valence-corrected chi connectivity index (χ1v) is 7.18. The third-order valence-electron chi connectivity index (χ3n) is 4.28. The van der Waals surface area contributed by atoms with Crippen LogP contribution in [0, 0.1) is 11.7 Å². The molecule has 106 valence electrons. The van der Waals surface area contributed by atoms with Crippen LogP contribution in [-0.4, -0.2) is 23.4 Å². The van der Waals surface area contributed by atoms with Crippen LogP contribution in [0.5, 0.6) is 0 Å². The standard InChI is InChI=1S/C16H19FN2O/c1-11(16(20)12-5-8-18-9-6-12)19-10-7-13-14(17)3-2-4-15(13)19/h2-4,7,10-12,18H,5-6,8-9H2,1H3. The van der Waals surface area contributed by atoms with Crippen molar-refractivity contribution in [3.63, 3.8) is 0 Å². The van der Waals surface area contributed by atoms with Gasteiger partial charge in [0.15, 0.2) is 5.78 Å². The van der Waals surface area contributed by atoms with Gasteiger partial charge in [-0.1, -0.05) is 6.07 Å². The number of fused-ring (bicyclic) bond motifs is 1. The Morgan fingerprint density at radius 2 is 2.10 bits per heavy atom. The number of aromatic nitrogens is 1. The molecular formula is C16H19FN2O. The summed E-state index contributed by atoms with van der Waals surface area (Å²) < 4.78 is 15.6. The number of ketones is 1. The molecule has 3 nitrogen and oxygen atoms in total. The fourth-order valence-corrected chi connectivity index (χ4v) is 3.07. The van der Waals surface area contributed by atoms with Crippen LogP contribution < -0.4 is 5.32 Å². The molecule has 0 aliphatic carbocycles. The minimum absolute atomic E-state index is 0.122. The molecule has 0 spiro atoms. The highest BCUT2D eigenvalue weighted by molar-refractivity contribution is 5.88. The molecule has 1 unspecified atom stereocenters. The van der Waals surface area contributed by atoms with E-state index in [2.05, 4.69) is 5.32 Å². The lowest BCUT2D eigenvalue weighted by Crippen LogP contribution is -2.34. The van der Waals surface area contributed by atoms with Crippen molar-refractivity contribution in [3.05, 3.63) is 36.3 Å². The molecule has 1 aliphatic heterocycles. The third-order valence-corrected chi connectivity index (χ3v) is 4.28. The normalized spacial score (nSPS) is 18.3. The summed E-state index contributed by atoms with van der Waals surface area (Å²) in [6.45, 7) is 3.73. The summed E-state index contributed by atoms with van der Waals surface area (Å²) in [7, 11) is 0. The summed E-state index contributed by atoms with van der Waals surface area (Å²) in [5, 5.41) is 3.85. The summed E-state index contributed by atoms with van der Waals surface area (Å²) >= 11 is 0. The first-order valence-electron chi connectivity index (χ1n) is 7.18. The van der Waals surface area contributed by atoms with Gasteiger partial charge < -0.3 is 9.88 Å². The fraction of sp³-hybridized carbons (Fsp3) is 0.438. The van der Waals surface area contributed by atoms with Crippen LogP contribution in [0.25, 0.3) is 10.9 Å². The summed E-state index contributed by atoms with van der Waals surface area (Å²) in [5.74, 6) is 0.147. The molecule has 1 aromatic heterocycles. The lowest BCUT2D eigenvalue weighted by Gasteiger charge is -2.25. The Bertz CT molecular complexity index is 628. The number of nitrogens with zero attached hydrogens (tertiary/aromatic N) is 1. The van der Waals surface area contributed by atoms with Crippen LogP contribution in [0.4, 0.5) is 4.39 Å². The Balaban J connectivity index is 1.90. The van der Waals surface area contributed by atoms with Crippen LogP contribution in [0.2, 0.25) is 0 Å². The maximum atomic E-state index is 13.7. The molecule has 2 aromatic rings. The Morgan fingerprint density at radius 1 is 1.35 bits per heavy atom. The van der Waals surface area contributed by atoms with Crippen molar-refractivity contribution in [2.75, 3.05) is 13.1 Å². The molecule has 0 saturated carbocycles. The van der Waals surface area contributed by atoms with E-state index in [0.29, 0.717) is 5.39 Å². The topological polar surface area (TPSA) is 34.0 Å². The molecule has 1 aromatic carbocycles. The number of carbonyl (C=O) groups is 1. The van der Waals surface area contributed by atoms with Crippen LogP contribution in [0.1, 0.15) is 25.8 Å². The monoisotopic (exact) mass is 274 g/mol. The van der Waals surface area contributed by atoms with Crippen molar-refractivity contribution in [2.24, 2.45) is 5.92 Å². The molecule has 0 amide bonds. The Kier molecular flexibility index (Phi) is 3.57. The zero-order valence-electron chi connectivity index (χ0n) is 11.6. The predicted molar refractivity (Wildman–Crippen MR) is 77.2 cm³/mol. The summed E-state index contributed by atoms with van der Waals surface area (Å²) in [5.41, 5.74) is 0.791. The average molecular weight is 274 g/mol. The quantitative estimate of drug-likeness (QED) is 0.933. The maximum absolute atomic E-state index is 13.7. The second-order valence-electron chi connectivity index (χ2n) is 5.50. The minimum atomic E-state index is -0.239. The highest BCUT2D eigenvalue weighted by Gasteiger charge is 2.26. The number of benzene rings is 1. The third kappa shape index (κ3) is 2.24. The molecular weight excluding hydrogens is 255 g/mol. The summed E-state index contributed by atoms with van der Waals surface area (Å²) in [4.78, 5) is 12.6. The van der Waals surface area contributed by atoms with E-state index in [1.54, 1.807) is 12.1 Å². The van der Waals surface area contributed by atoms with Crippen molar-refractivity contribution in [1.29, 1.82) is 0 Å². The molecule has 1 atom stereocenters. The second kappa shape index (κ2) is 5.37. The van der Waals surface area contributed by atoms with Crippen LogP contribution in [-0.2, 0) is 4.79 Å². The van der Waals surface area contributed by atoms with Crippen molar-refractivity contribution in [3.8, 4) is 0 Å². The number of hydrogen-bond acceptors (Lipinski definition) is 2. The number of piperidine rings is 1. The van der Waals surface area contributed by atoms with Gasteiger partial charge in [0.25, 0.3) is 0 Å². The molecule has 4 heteroatoms. The Hall–Kier alpha value is -1.68. The lowest BCUT2D eigenvalue weighted by molar-refractivity contribution is -0.126. The van der Waals surface area contributed by atoms with Crippen molar-refractivity contribution < 1.29 is 9.18 Å². The molecule has 0 bridgehead atoms. The summed E-state index contributed by atoms with van der Waals surface area (Å²) in [6.07, 6.45) is 3.62. The number of rotatable bonds is 3. The predicted octanol–water partition coefficient (Wildman–Crippen LogP) is 2.91. The summed E-state index contributed by atoms with van der Waals surface area (Å²) in [6, 6.07) is 6.51. The SMILES string of the molecule is CC(C(=O)C1CCNCC1)n1ccc2c(F)cccc21. The number of Topliss-reactive ketones (excluding diaryl/α,β-unsaturated/α-hetero) is 1. The molecule has 1 N–H and O–H groups in total. The molecule has 3 rings (SSSR count). The minimum Gasteiger partial charge on any atom is -0.337 e. The fourth-order valence-electron chi connectivity index (χ4n) is 3.07. The van der Waals surface area contributed by atoms with E-state index < -0.39 is 0 Å². The van der Waals surface area contributed by atoms with Crippen LogP contribution in [0.15, 0.2) is 30.5 Å². The van der Waals surface area contributed by atoms with Crippen LogP contribution in [0.3, 0.4) is 0 Å². The van der Waals surface area contributed by atoms with Gasteiger partial charge in [0, 0.05) is 17.5 Å². The number of carbonyl (C=O) groups excluding carboxylic acids is 1. The van der Waals surface area contributed by atoms with E-state index in [-0.39, 0.29) is 23.6 Å². The number of halogens is 1. The van der Waals surface area contributed by atoms with E-state index in [4.69, 9.17) is 0 Å². The average Bonchev–Trinajstić information content (AvgIpc) is 2.92. The van der Waals surface area contributed by atoms with E-state index >= 15 is 0 Å². The Labute approximate surface area is 117 Å². The largest absolute Gasteiger partial charge is 0.337 e. The molecule has 1 fully saturated rings. The van der Waals surface area contributed by atoms with Gasteiger partial charge >= 0.3 is 0 Å². The van der Waals surface area contributed by atoms with Crippen molar-refractivity contribution in [2.45, 2.75) is 25.8 Å². The van der Waals surface area contributed by atoms with E-state index in [1.165, 1.54) is 6.07 Å². The first-order chi connectivity index (χ1) is 9.68. The van der Waals surface area contributed by atoms with E-state index in [1.807, 2.05) is 23.8 Å².